The summed E-state index contributed by atoms with van der Waals surface area (Å²) < 4.78 is 1.67. The Kier molecular flexibility index (Phi) is 5.26. The maximum atomic E-state index is 12.4. The topological polar surface area (TPSA) is 51.4 Å². The molecule has 2 aromatic carbocycles. The number of Topliss-reactive ketones (excluding diaryl/α,β-unsaturated/α-hetero) is 1. The number of nitrogens with zero attached hydrogens (tertiary/aromatic N) is 2. The maximum Gasteiger partial charge on any atom is 0.279 e. The van der Waals surface area contributed by atoms with Crippen LogP contribution < -0.4 is 4.80 Å². The summed E-state index contributed by atoms with van der Waals surface area (Å²) in [4.78, 5) is 29.3. The van der Waals surface area contributed by atoms with E-state index in [9.17, 15) is 9.59 Å². The molecule has 0 radical (unpaired) electrons. The lowest BCUT2D eigenvalue weighted by molar-refractivity contribution is 0.0963. The Bertz CT molecular complexity index is 990. The number of carbonyl (C=O) groups is 2. The largest absolute Gasteiger partial charge is 0.316 e. The molecule has 6 heteroatoms. The summed E-state index contributed by atoms with van der Waals surface area (Å²) in [5.41, 5.74) is 1.95. The third-order valence-electron chi connectivity index (χ3n) is 3.69. The van der Waals surface area contributed by atoms with Crippen molar-refractivity contribution in [1.29, 1.82) is 0 Å². The standard InChI is InChI=1S/C19H15ClN2O2S/c1-13-7-8-15(11-16(13)20)18(24)21-19-22(9-10-25-19)12-17(23)14-5-3-2-4-6-14/h2-11H,12H2,1H3. The fraction of sp³-hybridized carbons (Fsp3) is 0.105. The fourth-order valence-electron chi connectivity index (χ4n) is 2.25. The highest BCUT2D eigenvalue weighted by Gasteiger charge is 2.10. The summed E-state index contributed by atoms with van der Waals surface area (Å²) in [6.07, 6.45) is 1.75. The Labute approximate surface area is 154 Å². The molecule has 1 aromatic heterocycles. The van der Waals surface area contributed by atoms with Gasteiger partial charge in [0, 0.05) is 27.7 Å². The van der Waals surface area contributed by atoms with E-state index in [0.717, 1.165) is 5.56 Å². The van der Waals surface area contributed by atoms with E-state index in [2.05, 4.69) is 4.99 Å². The number of thiazole rings is 1. The van der Waals surface area contributed by atoms with Crippen LogP contribution in [0.25, 0.3) is 0 Å². The van der Waals surface area contributed by atoms with E-state index in [1.54, 1.807) is 46.5 Å². The van der Waals surface area contributed by atoms with Crippen LogP contribution in [0.15, 0.2) is 65.1 Å². The van der Waals surface area contributed by atoms with Gasteiger partial charge in [0.25, 0.3) is 5.91 Å². The first-order valence-electron chi connectivity index (χ1n) is 7.62. The zero-order valence-corrected chi connectivity index (χ0v) is 15.1. The van der Waals surface area contributed by atoms with Crippen LogP contribution in [-0.2, 0) is 6.54 Å². The molecule has 0 aliphatic rings. The number of hydrogen-bond acceptors (Lipinski definition) is 3. The number of amides is 1. The van der Waals surface area contributed by atoms with Gasteiger partial charge in [0.1, 0.15) is 0 Å². The van der Waals surface area contributed by atoms with Crippen molar-refractivity contribution in [2.45, 2.75) is 13.5 Å². The molecule has 3 aromatic rings. The second-order valence-corrected chi connectivity index (χ2v) is 6.76. The van der Waals surface area contributed by atoms with Gasteiger partial charge < -0.3 is 4.57 Å². The van der Waals surface area contributed by atoms with E-state index in [1.807, 2.05) is 25.1 Å². The number of carbonyl (C=O) groups excluding carboxylic acids is 2. The third kappa shape index (κ3) is 4.13. The second kappa shape index (κ2) is 7.59. The Balaban J connectivity index is 1.85. The average molecular weight is 371 g/mol. The molecule has 0 saturated heterocycles. The first-order valence-corrected chi connectivity index (χ1v) is 8.88. The van der Waals surface area contributed by atoms with Crippen molar-refractivity contribution in [2.75, 3.05) is 0 Å². The molecule has 0 bridgehead atoms. The van der Waals surface area contributed by atoms with Gasteiger partial charge in [-0.25, -0.2) is 0 Å². The van der Waals surface area contributed by atoms with E-state index in [1.165, 1.54) is 11.3 Å². The quantitative estimate of drug-likeness (QED) is 0.648. The maximum absolute atomic E-state index is 12.4. The molecule has 0 saturated carbocycles. The van der Waals surface area contributed by atoms with Crippen LogP contribution in [0.4, 0.5) is 0 Å². The normalized spacial score (nSPS) is 11.5. The predicted octanol–water partition coefficient (Wildman–Crippen LogP) is 4.14. The van der Waals surface area contributed by atoms with Gasteiger partial charge in [-0.1, -0.05) is 48.0 Å². The van der Waals surface area contributed by atoms with Gasteiger partial charge >= 0.3 is 0 Å². The van der Waals surface area contributed by atoms with Crippen molar-refractivity contribution in [3.63, 3.8) is 0 Å². The molecule has 0 atom stereocenters. The summed E-state index contributed by atoms with van der Waals surface area (Å²) in [6.45, 7) is 2.00. The fourth-order valence-corrected chi connectivity index (χ4v) is 3.16. The Hall–Kier alpha value is -2.50. The molecule has 0 unspecified atom stereocenters. The lowest BCUT2D eigenvalue weighted by Crippen LogP contribution is -2.21. The monoisotopic (exact) mass is 370 g/mol. The van der Waals surface area contributed by atoms with Crippen molar-refractivity contribution in [2.24, 2.45) is 4.99 Å². The van der Waals surface area contributed by atoms with Crippen LogP contribution in [-0.4, -0.2) is 16.3 Å². The molecule has 25 heavy (non-hydrogen) atoms. The molecule has 126 valence electrons. The summed E-state index contributed by atoms with van der Waals surface area (Å²) >= 11 is 7.37. The van der Waals surface area contributed by atoms with Gasteiger partial charge in [0.05, 0.1) is 6.54 Å². The highest BCUT2D eigenvalue weighted by Crippen LogP contribution is 2.17. The molecule has 0 fully saturated rings. The zero-order chi connectivity index (χ0) is 17.8. The molecule has 0 N–H and O–H groups in total. The molecule has 0 aliphatic carbocycles. The van der Waals surface area contributed by atoms with Crippen LogP contribution in [0.2, 0.25) is 5.02 Å². The third-order valence-corrected chi connectivity index (χ3v) is 4.89. The number of halogens is 1. The van der Waals surface area contributed by atoms with E-state index in [4.69, 9.17) is 11.6 Å². The van der Waals surface area contributed by atoms with Gasteiger partial charge in [-0.3, -0.25) is 9.59 Å². The van der Waals surface area contributed by atoms with Crippen LogP contribution in [0, 0.1) is 6.92 Å². The van der Waals surface area contributed by atoms with E-state index in [0.29, 0.717) is 21.0 Å². The first kappa shape index (κ1) is 17.3. The van der Waals surface area contributed by atoms with Crippen LogP contribution >= 0.6 is 22.9 Å². The Morgan fingerprint density at radius 1 is 1.12 bits per heavy atom. The number of ketones is 1. The van der Waals surface area contributed by atoms with Crippen LogP contribution in [0.1, 0.15) is 26.3 Å². The van der Waals surface area contributed by atoms with Gasteiger partial charge in [-0.05, 0) is 24.6 Å². The van der Waals surface area contributed by atoms with Crippen molar-refractivity contribution in [1.82, 2.24) is 4.57 Å². The first-order chi connectivity index (χ1) is 12.0. The summed E-state index contributed by atoms with van der Waals surface area (Å²) in [5.74, 6) is -0.420. The van der Waals surface area contributed by atoms with Crippen molar-refractivity contribution in [3.8, 4) is 0 Å². The average Bonchev–Trinajstić information content (AvgIpc) is 3.04. The van der Waals surface area contributed by atoms with Crippen molar-refractivity contribution >= 4 is 34.6 Å². The van der Waals surface area contributed by atoms with E-state index in [-0.39, 0.29) is 18.2 Å². The SMILES string of the molecule is Cc1ccc(C(=O)N=c2sccn2CC(=O)c2ccccc2)cc1Cl. The van der Waals surface area contributed by atoms with Crippen LogP contribution in [0.3, 0.4) is 0 Å². The highest BCUT2D eigenvalue weighted by atomic mass is 35.5. The van der Waals surface area contributed by atoms with Crippen LogP contribution in [0.5, 0.6) is 0 Å². The minimum atomic E-state index is -0.384. The van der Waals surface area contributed by atoms with Gasteiger partial charge in [-0.2, -0.15) is 4.99 Å². The number of rotatable bonds is 4. The number of hydrogen-bond donors (Lipinski definition) is 0. The lowest BCUT2D eigenvalue weighted by atomic mass is 10.1. The highest BCUT2D eigenvalue weighted by molar-refractivity contribution is 7.07. The molecule has 3 rings (SSSR count). The summed E-state index contributed by atoms with van der Waals surface area (Å²) in [5, 5.41) is 2.33. The minimum absolute atomic E-state index is 0.0359. The molecule has 4 nitrogen and oxygen atoms in total. The second-order valence-electron chi connectivity index (χ2n) is 5.48. The molecule has 1 heterocycles. The molecule has 1 amide bonds. The van der Waals surface area contributed by atoms with E-state index >= 15 is 0 Å². The van der Waals surface area contributed by atoms with Gasteiger partial charge in [0.2, 0.25) is 0 Å². The summed E-state index contributed by atoms with van der Waals surface area (Å²) in [6, 6.07) is 14.1. The summed E-state index contributed by atoms with van der Waals surface area (Å²) in [7, 11) is 0. The van der Waals surface area contributed by atoms with Crippen molar-refractivity contribution in [3.05, 3.63) is 86.6 Å². The smallest absolute Gasteiger partial charge is 0.279 e. The van der Waals surface area contributed by atoms with Crippen molar-refractivity contribution < 1.29 is 9.59 Å². The predicted molar refractivity (Wildman–Crippen MR) is 99.2 cm³/mol. The van der Waals surface area contributed by atoms with E-state index < -0.39 is 0 Å². The number of aryl methyl sites for hydroxylation is 1. The molecular weight excluding hydrogens is 356 g/mol. The number of aromatic nitrogens is 1. The minimum Gasteiger partial charge on any atom is -0.316 e. The van der Waals surface area contributed by atoms with Gasteiger partial charge in [0.15, 0.2) is 10.6 Å². The number of benzene rings is 2. The molecule has 0 aliphatic heterocycles. The Morgan fingerprint density at radius 3 is 2.60 bits per heavy atom. The lowest BCUT2D eigenvalue weighted by Gasteiger charge is -2.03. The Morgan fingerprint density at radius 2 is 1.88 bits per heavy atom. The molecular formula is C19H15ClN2O2S. The zero-order valence-electron chi connectivity index (χ0n) is 13.5. The van der Waals surface area contributed by atoms with Gasteiger partial charge in [-0.15, -0.1) is 11.3 Å². The molecule has 0 spiro atoms.